The van der Waals surface area contributed by atoms with Crippen LogP contribution in [0, 0.1) is 5.82 Å². The van der Waals surface area contributed by atoms with E-state index >= 15 is 4.39 Å². The average Bonchev–Trinajstić information content (AvgIpc) is 3.08. The summed E-state index contributed by atoms with van der Waals surface area (Å²) in [5.74, 6) is -1.15. The monoisotopic (exact) mass is 871 g/mol. The van der Waals surface area contributed by atoms with Crippen molar-refractivity contribution in [2.75, 3.05) is 25.7 Å². The number of halogens is 5. The Kier molecular flexibility index (Phi) is 14.9. The minimum Gasteiger partial charge on any atom is -0.493 e. The Labute approximate surface area is 345 Å². The van der Waals surface area contributed by atoms with Gasteiger partial charge in [0.2, 0.25) is 0 Å². The van der Waals surface area contributed by atoms with Crippen molar-refractivity contribution in [3.63, 3.8) is 0 Å². The van der Waals surface area contributed by atoms with Gasteiger partial charge in [0.05, 0.1) is 39.9 Å². The van der Waals surface area contributed by atoms with Gasteiger partial charge in [0.25, 0.3) is 0 Å². The lowest BCUT2D eigenvalue weighted by atomic mass is 9.90. The van der Waals surface area contributed by atoms with Gasteiger partial charge in [-0.1, -0.05) is 84.4 Å². The molecule has 15 heteroatoms. The van der Waals surface area contributed by atoms with Crippen LogP contribution in [0.5, 0.6) is 5.75 Å². The molecule has 58 heavy (non-hydrogen) atoms. The zero-order chi connectivity index (χ0) is 43.3. The SMILES string of the molecule is C[C@H](CCOc1cc(F)c(COP(=O)(OC(C)(C)C)OC(C)(C)C)c(S(C)(C)(=O)O)c1)N(Cc1cccc(C(F)(F)F)c1Cl)CC(c1ccccc1)c1ccccc1. The molecule has 320 valence electrons. The van der Waals surface area contributed by atoms with Crippen molar-refractivity contribution in [3.8, 4) is 5.75 Å². The summed E-state index contributed by atoms with van der Waals surface area (Å²) in [5.41, 5.74) is -0.869. The van der Waals surface area contributed by atoms with Crippen LogP contribution >= 0.6 is 19.4 Å². The first kappa shape index (κ1) is 47.5. The summed E-state index contributed by atoms with van der Waals surface area (Å²) in [7, 11) is -9.00. The van der Waals surface area contributed by atoms with Gasteiger partial charge in [0, 0.05) is 55.3 Å². The maximum absolute atomic E-state index is 16.0. The lowest BCUT2D eigenvalue weighted by molar-refractivity contribution is -0.137. The smallest absolute Gasteiger partial charge is 0.476 e. The fourth-order valence-corrected chi connectivity index (χ4v) is 9.67. The quantitative estimate of drug-likeness (QED) is 0.0828. The van der Waals surface area contributed by atoms with Crippen LogP contribution in [0.4, 0.5) is 17.6 Å². The number of phosphoric ester groups is 1. The molecule has 1 atom stereocenters. The van der Waals surface area contributed by atoms with E-state index in [4.69, 9.17) is 29.9 Å². The van der Waals surface area contributed by atoms with Crippen molar-refractivity contribution in [1.82, 2.24) is 4.90 Å². The van der Waals surface area contributed by atoms with E-state index in [1.165, 1.54) is 12.1 Å². The maximum atomic E-state index is 16.0. The molecule has 4 rings (SSSR count). The van der Waals surface area contributed by atoms with Crippen molar-refractivity contribution in [2.45, 2.75) is 102 Å². The van der Waals surface area contributed by atoms with Crippen molar-refractivity contribution >= 4 is 28.8 Å². The molecule has 0 heterocycles. The summed E-state index contributed by atoms with van der Waals surface area (Å²) in [6, 6.07) is 25.4. The number of benzene rings is 4. The fraction of sp³-hybridized carbons (Fsp3) is 0.442. The van der Waals surface area contributed by atoms with E-state index in [-0.39, 0.29) is 46.3 Å². The lowest BCUT2D eigenvalue weighted by Gasteiger charge is -2.37. The molecule has 4 aromatic rings. The second-order valence-corrected chi connectivity index (χ2v) is 22.7. The summed E-state index contributed by atoms with van der Waals surface area (Å²) in [4.78, 5) is 1.72. The molecule has 0 aliphatic rings. The molecule has 0 spiro atoms. The van der Waals surface area contributed by atoms with Gasteiger partial charge < -0.3 is 4.74 Å². The van der Waals surface area contributed by atoms with Crippen LogP contribution < -0.4 is 4.74 Å². The molecule has 0 aliphatic heterocycles. The fourth-order valence-electron chi connectivity index (χ4n) is 6.30. The highest BCUT2D eigenvalue weighted by Crippen LogP contribution is 2.56. The number of alkyl halides is 3. The second kappa shape index (κ2) is 18.2. The van der Waals surface area contributed by atoms with E-state index in [1.807, 2.05) is 72.5 Å². The van der Waals surface area contributed by atoms with Gasteiger partial charge in [0.15, 0.2) is 0 Å². The minimum absolute atomic E-state index is 0.00326. The van der Waals surface area contributed by atoms with Gasteiger partial charge in [-0.2, -0.15) is 22.5 Å². The molecule has 0 bridgehead atoms. The minimum atomic E-state index is -4.68. The van der Waals surface area contributed by atoms with Crippen LogP contribution in [-0.2, 0) is 46.8 Å². The second-order valence-electron chi connectivity index (χ2n) is 16.8. The van der Waals surface area contributed by atoms with Gasteiger partial charge >= 0.3 is 14.0 Å². The van der Waals surface area contributed by atoms with Gasteiger partial charge in [-0.25, -0.2) is 13.2 Å². The molecule has 0 saturated heterocycles. The third kappa shape index (κ3) is 14.0. The standard InChI is InChI=1S/C43H55ClF4NO7PS/c1-30(23-24-53-34-25-38(45)36(39(26-34)58(8,9,51)52)29-54-57(50,55-41(2,3)4)56-42(5,6)7)49(27-33-21-16-22-37(40(33)44)43(46,47)48)28-35(31-17-12-10-13-18-31)32-19-14-11-15-20-32/h10-22,25-26,30,35H,23-24,27-29H2,1-9H3,(H,51,52)/t30-/m1/s1. The van der Waals surface area contributed by atoms with Crippen molar-refractivity contribution in [1.29, 1.82) is 0 Å². The van der Waals surface area contributed by atoms with Gasteiger partial charge in [-0.15, -0.1) is 0 Å². The zero-order valence-electron chi connectivity index (χ0n) is 34.4. The molecule has 0 fully saturated rings. The number of nitrogens with zero attached hydrogens (tertiary/aromatic N) is 1. The Morgan fingerprint density at radius 3 is 1.86 bits per heavy atom. The molecule has 0 aromatic heterocycles. The van der Waals surface area contributed by atoms with Crippen LogP contribution in [-0.4, -0.2) is 56.6 Å². The first-order valence-electron chi connectivity index (χ1n) is 18.8. The molecule has 0 aliphatic carbocycles. The van der Waals surface area contributed by atoms with Crippen molar-refractivity contribution < 1.29 is 49.2 Å². The molecule has 0 radical (unpaired) electrons. The van der Waals surface area contributed by atoms with Gasteiger partial charge in [-0.05, 0) is 77.6 Å². The van der Waals surface area contributed by atoms with E-state index in [9.17, 15) is 26.5 Å². The largest absolute Gasteiger partial charge is 0.493 e. The van der Waals surface area contributed by atoms with Crippen LogP contribution in [0.25, 0.3) is 0 Å². The Hall–Kier alpha value is -3.13. The van der Waals surface area contributed by atoms with Crippen LogP contribution in [0.2, 0.25) is 5.02 Å². The predicted octanol–water partition coefficient (Wildman–Crippen LogP) is 12.2. The molecule has 0 unspecified atom stereocenters. The lowest BCUT2D eigenvalue weighted by Crippen LogP contribution is -2.37. The van der Waals surface area contributed by atoms with E-state index in [1.54, 1.807) is 47.6 Å². The van der Waals surface area contributed by atoms with Crippen molar-refractivity contribution in [3.05, 3.63) is 130 Å². The van der Waals surface area contributed by atoms with E-state index < -0.39 is 52.5 Å². The third-order valence-corrected chi connectivity index (χ3v) is 13.0. The number of hydrogen-bond donors (Lipinski definition) is 1. The van der Waals surface area contributed by atoms with E-state index in [0.717, 1.165) is 35.8 Å². The molecule has 0 amide bonds. The van der Waals surface area contributed by atoms with Crippen LogP contribution in [0.3, 0.4) is 0 Å². The molecule has 1 N–H and O–H groups in total. The number of hydrogen-bond acceptors (Lipinski definition) is 7. The third-order valence-electron chi connectivity index (χ3n) is 8.90. The predicted molar refractivity (Wildman–Crippen MR) is 223 cm³/mol. The summed E-state index contributed by atoms with van der Waals surface area (Å²) < 4.78 is 119. The van der Waals surface area contributed by atoms with Crippen LogP contribution in [0.15, 0.2) is 95.9 Å². The summed E-state index contributed by atoms with van der Waals surface area (Å²) in [6.45, 7) is 11.6. The van der Waals surface area contributed by atoms with Gasteiger partial charge in [-0.3, -0.25) is 23.0 Å². The topological polar surface area (TPSA) is 94.5 Å². The molecule has 8 nitrogen and oxygen atoms in total. The Balaban J connectivity index is 1.63. The highest BCUT2D eigenvalue weighted by atomic mass is 35.5. The Bertz CT molecular complexity index is 2050. The number of ether oxygens (including phenoxy) is 1. The van der Waals surface area contributed by atoms with Gasteiger partial charge in [0.1, 0.15) is 11.6 Å². The maximum Gasteiger partial charge on any atom is 0.476 e. The molecular weight excluding hydrogens is 817 g/mol. The van der Waals surface area contributed by atoms with Crippen molar-refractivity contribution in [2.24, 2.45) is 0 Å². The summed E-state index contributed by atoms with van der Waals surface area (Å²) in [5, 5.41) is -0.376. The summed E-state index contributed by atoms with van der Waals surface area (Å²) >= 11 is 6.40. The normalized spacial score (nSPS) is 14.4. The highest BCUT2D eigenvalue weighted by Gasteiger charge is 2.39. The number of phosphoric acid groups is 1. The molecular formula is C43H55ClF4NO7PS. The Morgan fingerprint density at radius 1 is 0.845 bits per heavy atom. The van der Waals surface area contributed by atoms with E-state index in [2.05, 4.69) is 0 Å². The number of rotatable bonds is 17. The Morgan fingerprint density at radius 2 is 1.38 bits per heavy atom. The highest BCUT2D eigenvalue weighted by molar-refractivity contribution is 8.14. The summed E-state index contributed by atoms with van der Waals surface area (Å²) in [6.07, 6.45) is -2.20. The van der Waals surface area contributed by atoms with Crippen LogP contribution in [0.1, 0.15) is 88.6 Å². The zero-order valence-corrected chi connectivity index (χ0v) is 36.9. The molecule has 0 saturated carbocycles. The first-order chi connectivity index (χ1) is 26.6. The molecule has 4 aromatic carbocycles. The van der Waals surface area contributed by atoms with E-state index in [0.29, 0.717) is 18.5 Å². The average molecular weight is 872 g/mol. The first-order valence-corrected chi connectivity index (χ1v) is 23.4.